The summed E-state index contributed by atoms with van der Waals surface area (Å²) in [5.41, 5.74) is 1.84. The number of nitrogens with zero attached hydrogens (tertiary/aromatic N) is 4. The van der Waals surface area contributed by atoms with Gasteiger partial charge in [-0.3, -0.25) is 10.5 Å². The predicted octanol–water partition coefficient (Wildman–Crippen LogP) is 5.39. The van der Waals surface area contributed by atoms with Crippen LogP contribution in [-0.4, -0.2) is 76.5 Å². The summed E-state index contributed by atoms with van der Waals surface area (Å²) in [7, 11) is 4.71. The van der Waals surface area contributed by atoms with Crippen molar-refractivity contribution in [2.24, 2.45) is 10.9 Å². The first-order valence-corrected chi connectivity index (χ1v) is 14.9. The molecule has 0 spiro atoms. The summed E-state index contributed by atoms with van der Waals surface area (Å²) in [6.07, 6.45) is 5.99. The maximum absolute atomic E-state index is 14.5. The minimum absolute atomic E-state index is 0.298. The Balaban J connectivity index is 0.000000617. The summed E-state index contributed by atoms with van der Waals surface area (Å²) >= 11 is 0. The standard InChI is InChI=1S/C21H30FN6P.C6H13N.C2H6.H2O2/c1-13(2)28(4)14(3)25-18-6-5-15(11-19(18)29)20-17(22)12-24-21(27-20)26-16-7-9-23-10-8-16;1-6-2-4-7-5-3-6;2*1-2/h5-6,11-13,16,23H,7-10,29H2,1-4H3,(H,24,26,27);6-7H,2-5H2,1H3;1-2H3;1-2H. The highest BCUT2D eigenvalue weighted by atomic mass is 31.0. The van der Waals surface area contributed by atoms with Gasteiger partial charge in [-0.25, -0.2) is 19.4 Å². The second kappa shape index (κ2) is 19.8. The molecule has 0 radical (unpaired) electrons. The van der Waals surface area contributed by atoms with E-state index in [1.165, 1.54) is 32.1 Å². The van der Waals surface area contributed by atoms with Crippen molar-refractivity contribution in [3.05, 3.63) is 30.2 Å². The summed E-state index contributed by atoms with van der Waals surface area (Å²) in [6, 6.07) is 6.33. The molecule has 1 unspecified atom stereocenters. The second-order valence-electron chi connectivity index (χ2n) is 10.1. The molecule has 3 heterocycles. The van der Waals surface area contributed by atoms with Crippen LogP contribution in [0.1, 0.15) is 67.2 Å². The van der Waals surface area contributed by atoms with Crippen LogP contribution in [0.2, 0.25) is 0 Å². The Labute approximate surface area is 242 Å². The first-order valence-electron chi connectivity index (χ1n) is 14.3. The molecule has 0 amide bonds. The van der Waals surface area contributed by atoms with Crippen LogP contribution < -0.4 is 21.3 Å². The van der Waals surface area contributed by atoms with E-state index >= 15 is 0 Å². The number of hydrogen-bond acceptors (Lipinski definition) is 8. The lowest BCUT2D eigenvalue weighted by Crippen LogP contribution is -2.35. The Morgan fingerprint density at radius 1 is 1.10 bits per heavy atom. The fraction of sp³-hybridized carbons (Fsp3) is 0.621. The number of hydrogen-bond donors (Lipinski definition) is 5. The van der Waals surface area contributed by atoms with Gasteiger partial charge in [0.2, 0.25) is 5.95 Å². The molecule has 2 aliphatic rings. The first kappa shape index (κ1) is 35.8. The molecule has 1 atom stereocenters. The fourth-order valence-corrected chi connectivity index (χ4v) is 4.53. The van der Waals surface area contributed by atoms with E-state index < -0.39 is 5.82 Å². The van der Waals surface area contributed by atoms with Gasteiger partial charge in [-0.2, -0.15) is 0 Å². The highest BCUT2D eigenvalue weighted by molar-refractivity contribution is 7.28. The van der Waals surface area contributed by atoms with Gasteiger partial charge in [0.15, 0.2) is 5.82 Å². The van der Waals surface area contributed by atoms with Gasteiger partial charge in [0.05, 0.1) is 11.9 Å². The Morgan fingerprint density at radius 3 is 2.17 bits per heavy atom. The Hall–Kier alpha value is -2.23. The minimum atomic E-state index is -0.433. The molecule has 2 aliphatic heterocycles. The van der Waals surface area contributed by atoms with Crippen molar-refractivity contribution in [3.8, 4) is 11.3 Å². The number of halogens is 1. The quantitative estimate of drug-likeness (QED) is 0.105. The van der Waals surface area contributed by atoms with Gasteiger partial charge < -0.3 is 20.9 Å². The topological polar surface area (TPSA) is 118 Å². The third-order valence-corrected chi connectivity index (χ3v) is 7.38. The number of benzene rings is 1. The van der Waals surface area contributed by atoms with E-state index in [1.807, 2.05) is 46.0 Å². The molecule has 9 nitrogen and oxygen atoms in total. The average Bonchev–Trinajstić information content (AvgIpc) is 2.98. The van der Waals surface area contributed by atoms with Gasteiger partial charge in [0.1, 0.15) is 11.5 Å². The van der Waals surface area contributed by atoms with E-state index in [1.54, 1.807) is 0 Å². The van der Waals surface area contributed by atoms with E-state index in [9.17, 15) is 4.39 Å². The zero-order valence-corrected chi connectivity index (χ0v) is 26.5. The van der Waals surface area contributed by atoms with Crippen LogP contribution in [0.15, 0.2) is 29.4 Å². The molecule has 0 saturated carbocycles. The predicted molar refractivity (Wildman–Crippen MR) is 170 cm³/mol. The lowest BCUT2D eigenvalue weighted by Gasteiger charge is -2.23. The lowest BCUT2D eigenvalue weighted by atomic mass is 10.0. The van der Waals surface area contributed by atoms with Crippen molar-refractivity contribution in [1.82, 2.24) is 25.5 Å². The summed E-state index contributed by atoms with van der Waals surface area (Å²) in [4.78, 5) is 15.4. The third kappa shape index (κ3) is 12.1. The number of aliphatic imine (C=N–C) groups is 1. The number of rotatable bonds is 5. The zero-order chi connectivity index (χ0) is 30.1. The maximum Gasteiger partial charge on any atom is 0.223 e. The molecule has 40 heavy (non-hydrogen) atoms. The van der Waals surface area contributed by atoms with Gasteiger partial charge in [0.25, 0.3) is 0 Å². The smallest absolute Gasteiger partial charge is 0.223 e. The summed E-state index contributed by atoms with van der Waals surface area (Å²) in [5, 5.41) is 22.9. The first-order chi connectivity index (χ1) is 19.2. The van der Waals surface area contributed by atoms with Crippen molar-refractivity contribution >= 4 is 32.0 Å². The van der Waals surface area contributed by atoms with Gasteiger partial charge in [-0.1, -0.05) is 26.8 Å². The van der Waals surface area contributed by atoms with Crippen LogP contribution in [0.3, 0.4) is 0 Å². The van der Waals surface area contributed by atoms with E-state index in [-0.39, 0.29) is 0 Å². The molecule has 0 aliphatic carbocycles. The third-order valence-electron chi connectivity index (χ3n) is 6.91. The second-order valence-corrected chi connectivity index (χ2v) is 10.8. The van der Waals surface area contributed by atoms with Crippen LogP contribution in [0.25, 0.3) is 11.3 Å². The SMILES string of the molecule is CC.CC(=Nc1ccc(-c2nc(NC3CCNCC3)ncc2F)cc1P)N(C)C(C)C.CC1CCNCC1.OO. The molecule has 0 bridgehead atoms. The van der Waals surface area contributed by atoms with Crippen molar-refractivity contribution < 1.29 is 14.9 Å². The van der Waals surface area contributed by atoms with Crippen molar-refractivity contribution in [3.63, 3.8) is 0 Å². The van der Waals surface area contributed by atoms with Crippen molar-refractivity contribution in [1.29, 1.82) is 0 Å². The average molecular weight is 580 g/mol. The summed E-state index contributed by atoms with van der Waals surface area (Å²) in [6.45, 7) is 17.0. The Morgan fingerprint density at radius 2 is 1.68 bits per heavy atom. The van der Waals surface area contributed by atoms with Crippen LogP contribution in [0, 0.1) is 11.7 Å². The van der Waals surface area contributed by atoms with Crippen LogP contribution in [0.5, 0.6) is 0 Å². The van der Waals surface area contributed by atoms with Gasteiger partial charge in [-0.05, 0) is 96.0 Å². The molecule has 5 N–H and O–H groups in total. The molecule has 1 aromatic heterocycles. The van der Waals surface area contributed by atoms with E-state index in [0.717, 1.165) is 48.7 Å². The molecule has 2 fully saturated rings. The van der Waals surface area contributed by atoms with Gasteiger partial charge in [-0.15, -0.1) is 9.24 Å². The number of piperidine rings is 2. The molecule has 2 saturated heterocycles. The monoisotopic (exact) mass is 579 g/mol. The van der Waals surface area contributed by atoms with Gasteiger partial charge in [0, 0.05) is 24.7 Å². The van der Waals surface area contributed by atoms with Crippen LogP contribution in [-0.2, 0) is 0 Å². The normalized spacial score (nSPS) is 16.1. The Bertz CT molecular complexity index is 1010. The summed E-state index contributed by atoms with van der Waals surface area (Å²) in [5.74, 6) is 1.94. The Kier molecular flexibility index (Phi) is 17.7. The van der Waals surface area contributed by atoms with E-state index in [4.69, 9.17) is 15.5 Å². The number of aromatic nitrogens is 2. The molecular formula is C29H51FN7O2P. The van der Waals surface area contributed by atoms with Crippen molar-refractivity contribution in [2.45, 2.75) is 79.3 Å². The minimum Gasteiger partial charge on any atom is -0.361 e. The largest absolute Gasteiger partial charge is 0.361 e. The molecule has 11 heteroatoms. The molecule has 4 rings (SSSR count). The molecular weight excluding hydrogens is 528 g/mol. The van der Waals surface area contributed by atoms with E-state index in [2.05, 4.69) is 60.8 Å². The molecule has 2 aromatic rings. The number of nitrogens with one attached hydrogen (secondary N) is 3. The number of amidine groups is 1. The fourth-order valence-electron chi connectivity index (χ4n) is 4.18. The summed E-state index contributed by atoms with van der Waals surface area (Å²) < 4.78 is 14.5. The van der Waals surface area contributed by atoms with Gasteiger partial charge >= 0.3 is 0 Å². The number of anilines is 1. The van der Waals surface area contributed by atoms with Crippen LogP contribution in [0.4, 0.5) is 16.0 Å². The molecule has 1 aromatic carbocycles. The molecule has 226 valence electrons. The van der Waals surface area contributed by atoms with Crippen molar-refractivity contribution in [2.75, 3.05) is 38.5 Å². The highest BCUT2D eigenvalue weighted by Gasteiger charge is 2.16. The zero-order valence-electron chi connectivity index (χ0n) is 25.3. The lowest BCUT2D eigenvalue weighted by molar-refractivity contribution is -0.176. The highest BCUT2D eigenvalue weighted by Crippen LogP contribution is 2.25. The maximum atomic E-state index is 14.5. The van der Waals surface area contributed by atoms with E-state index in [0.29, 0.717) is 29.3 Å². The van der Waals surface area contributed by atoms with Crippen LogP contribution >= 0.6 is 9.24 Å².